The molecule has 6 nitrogen and oxygen atoms in total. The van der Waals surface area contributed by atoms with E-state index in [9.17, 15) is 27.9 Å². The Labute approximate surface area is 185 Å². The fourth-order valence-corrected chi connectivity index (χ4v) is 5.10. The predicted molar refractivity (Wildman–Crippen MR) is 113 cm³/mol. The van der Waals surface area contributed by atoms with Crippen molar-refractivity contribution in [1.82, 2.24) is 10.3 Å². The smallest absolute Gasteiger partial charge is 0.337 e. The zero-order chi connectivity index (χ0) is 22.5. The summed E-state index contributed by atoms with van der Waals surface area (Å²) in [5.74, 6) is -5.25. The van der Waals surface area contributed by atoms with E-state index in [4.69, 9.17) is 0 Å². The van der Waals surface area contributed by atoms with Crippen LogP contribution in [0.15, 0.2) is 28.0 Å². The first-order chi connectivity index (χ1) is 14.8. The van der Waals surface area contributed by atoms with E-state index in [0.717, 1.165) is 54.5 Å². The fourth-order valence-electron chi connectivity index (χ4n) is 3.49. The topological polar surface area (TPSA) is 82.5 Å². The van der Waals surface area contributed by atoms with Crippen molar-refractivity contribution in [2.45, 2.75) is 42.2 Å². The van der Waals surface area contributed by atoms with Crippen LogP contribution in [0.25, 0.3) is 0 Å². The van der Waals surface area contributed by atoms with Crippen molar-refractivity contribution in [1.29, 1.82) is 0 Å². The van der Waals surface area contributed by atoms with E-state index in [1.165, 1.54) is 23.0 Å². The van der Waals surface area contributed by atoms with Gasteiger partial charge in [0.15, 0.2) is 22.8 Å². The summed E-state index contributed by atoms with van der Waals surface area (Å²) in [7, 11) is 0. The van der Waals surface area contributed by atoms with Crippen LogP contribution in [-0.2, 0) is 4.79 Å². The molecule has 0 aliphatic heterocycles. The second-order valence-electron chi connectivity index (χ2n) is 7.54. The molecule has 1 fully saturated rings. The first-order valence-corrected chi connectivity index (χ1v) is 11.5. The Bertz CT molecular complexity index is 922. The van der Waals surface area contributed by atoms with Crippen molar-refractivity contribution in [3.05, 3.63) is 41.3 Å². The summed E-state index contributed by atoms with van der Waals surface area (Å²) in [4.78, 5) is 29.5. The summed E-state index contributed by atoms with van der Waals surface area (Å²) >= 11 is 2.08. The van der Waals surface area contributed by atoms with E-state index in [-0.39, 0.29) is 12.5 Å². The van der Waals surface area contributed by atoms with Crippen LogP contribution >= 0.6 is 23.1 Å². The number of aliphatic carboxylic acids is 1. The van der Waals surface area contributed by atoms with Gasteiger partial charge in [0, 0.05) is 6.54 Å². The molecular weight excluding hydrogens is 451 g/mol. The van der Waals surface area contributed by atoms with Crippen molar-refractivity contribution in [3.63, 3.8) is 0 Å². The van der Waals surface area contributed by atoms with Gasteiger partial charge in [-0.15, -0.1) is 11.3 Å². The Morgan fingerprint density at radius 2 is 1.97 bits per heavy atom. The van der Waals surface area contributed by atoms with E-state index < -0.39 is 40.5 Å². The Kier molecular flexibility index (Phi) is 7.82. The highest BCUT2D eigenvalue weighted by Crippen LogP contribution is 2.32. The molecule has 2 aromatic rings. The van der Waals surface area contributed by atoms with Gasteiger partial charge in [-0.05, 0) is 36.8 Å². The second kappa shape index (κ2) is 10.4. The zero-order valence-electron chi connectivity index (χ0n) is 16.7. The number of hydrogen-bond donors (Lipinski definition) is 2. The van der Waals surface area contributed by atoms with Crippen molar-refractivity contribution in [3.8, 4) is 0 Å². The van der Waals surface area contributed by atoms with Crippen molar-refractivity contribution in [2.24, 2.45) is 11.8 Å². The summed E-state index contributed by atoms with van der Waals surface area (Å²) in [6.07, 6.45) is 4.95. The number of nitrogens with zero attached hydrogens (tertiary/aromatic N) is 2. The first-order valence-electron chi connectivity index (χ1n) is 9.75. The largest absolute Gasteiger partial charge is 0.479 e. The molecule has 0 bridgehead atoms. The normalized spacial score (nSPS) is 19.6. The number of carboxylic acid groups (broad SMARTS) is 1. The third kappa shape index (κ3) is 5.91. The molecule has 0 spiro atoms. The van der Waals surface area contributed by atoms with Crippen LogP contribution in [0.5, 0.6) is 0 Å². The number of carbonyl (C=O) groups is 2. The maximum absolute atomic E-state index is 14.5. The molecule has 31 heavy (non-hydrogen) atoms. The molecule has 1 aliphatic rings. The molecule has 11 heteroatoms. The molecule has 1 aliphatic carbocycles. The maximum Gasteiger partial charge on any atom is 0.337 e. The third-order valence-corrected chi connectivity index (χ3v) is 7.28. The van der Waals surface area contributed by atoms with Crippen molar-refractivity contribution in [2.75, 3.05) is 11.4 Å². The Morgan fingerprint density at radius 3 is 2.58 bits per heavy atom. The first kappa shape index (κ1) is 23.4. The highest BCUT2D eigenvalue weighted by Gasteiger charge is 2.31. The lowest BCUT2D eigenvalue weighted by molar-refractivity contribution is -0.136. The van der Waals surface area contributed by atoms with Gasteiger partial charge in [-0.3, -0.25) is 9.88 Å². The van der Waals surface area contributed by atoms with Crippen LogP contribution < -0.4 is 10.2 Å². The van der Waals surface area contributed by atoms with E-state index in [2.05, 4.69) is 17.2 Å². The molecule has 1 saturated carbocycles. The molecule has 1 heterocycles. The van der Waals surface area contributed by atoms with Crippen LogP contribution in [0.4, 0.5) is 23.7 Å². The average molecular weight is 474 g/mol. The number of thiazole rings is 1. The zero-order valence-corrected chi connectivity index (χ0v) is 18.3. The summed E-state index contributed by atoms with van der Waals surface area (Å²) < 4.78 is 42.4. The monoisotopic (exact) mass is 473 g/mol. The summed E-state index contributed by atoms with van der Waals surface area (Å²) in [6.45, 7) is 2.20. The number of hydrogen-bond acceptors (Lipinski definition) is 5. The Hall–Kier alpha value is -2.27. The minimum absolute atomic E-state index is 0.0342. The number of amides is 2. The van der Waals surface area contributed by atoms with Crippen LogP contribution in [0.1, 0.15) is 32.6 Å². The summed E-state index contributed by atoms with van der Waals surface area (Å²) in [5, 5.41) is 10.5. The molecule has 2 N–H and O–H groups in total. The van der Waals surface area contributed by atoms with Gasteiger partial charge >= 0.3 is 12.0 Å². The van der Waals surface area contributed by atoms with Crippen molar-refractivity contribution >= 4 is 40.8 Å². The predicted octanol–water partition coefficient (Wildman–Crippen LogP) is 5.11. The van der Waals surface area contributed by atoms with Gasteiger partial charge in [0.05, 0.1) is 21.6 Å². The molecular formula is C20H22F3N3O3S2. The van der Waals surface area contributed by atoms with Gasteiger partial charge in [-0.2, -0.15) is 0 Å². The highest BCUT2D eigenvalue weighted by atomic mass is 32.2. The lowest BCUT2D eigenvalue weighted by atomic mass is 9.83. The van der Waals surface area contributed by atoms with Gasteiger partial charge in [0.2, 0.25) is 0 Å². The number of urea groups is 1. The number of carboxylic acids is 1. The van der Waals surface area contributed by atoms with E-state index in [1.54, 1.807) is 0 Å². The van der Waals surface area contributed by atoms with Crippen LogP contribution in [-0.4, -0.2) is 34.0 Å². The third-order valence-electron chi connectivity index (χ3n) is 5.25. The lowest BCUT2D eigenvalue weighted by Gasteiger charge is -2.32. The Balaban J connectivity index is 1.84. The Morgan fingerprint density at radius 1 is 1.26 bits per heavy atom. The van der Waals surface area contributed by atoms with Gasteiger partial charge < -0.3 is 10.4 Å². The maximum atomic E-state index is 14.5. The van der Waals surface area contributed by atoms with Gasteiger partial charge in [-0.25, -0.2) is 22.8 Å². The average Bonchev–Trinajstić information content (AvgIpc) is 3.25. The standard InChI is InChI=1S/C20H22F3N3O3S2/c1-11-2-4-12(5-3-11)9-26(14-7-6-13(21)16(22)17(14)23)20(29)25-18(19(27)28)31-15-8-24-10-30-15/h6-8,10-12,18H,2-5,9H2,1H3,(H,25,29)(H,27,28)/t11-,12-,18?. The van der Waals surface area contributed by atoms with Gasteiger partial charge in [-0.1, -0.05) is 31.5 Å². The van der Waals surface area contributed by atoms with Crippen molar-refractivity contribution < 1.29 is 27.9 Å². The molecule has 1 aromatic carbocycles. The van der Waals surface area contributed by atoms with E-state index >= 15 is 0 Å². The highest BCUT2D eigenvalue weighted by molar-refractivity contribution is 8.02. The molecule has 0 radical (unpaired) electrons. The number of aromatic nitrogens is 1. The number of nitrogens with one attached hydrogen (secondary N) is 1. The molecule has 168 valence electrons. The minimum atomic E-state index is -1.68. The molecule has 0 saturated heterocycles. The quantitative estimate of drug-likeness (QED) is 0.332. The SMILES string of the molecule is C[C@H]1CC[C@H](CN(C(=O)NC(Sc2cncs2)C(=O)O)c2ccc(F)c(F)c2F)CC1. The summed E-state index contributed by atoms with van der Waals surface area (Å²) in [5.41, 5.74) is 1.10. The van der Waals surface area contributed by atoms with Gasteiger partial charge in [0.25, 0.3) is 0 Å². The number of rotatable bonds is 7. The molecule has 1 aromatic heterocycles. The number of thioether (sulfide) groups is 1. The van der Waals surface area contributed by atoms with Crippen LogP contribution in [0.3, 0.4) is 0 Å². The van der Waals surface area contributed by atoms with Gasteiger partial charge in [0.1, 0.15) is 0 Å². The molecule has 1 atom stereocenters. The van der Waals surface area contributed by atoms with E-state index in [0.29, 0.717) is 10.1 Å². The molecule has 3 rings (SSSR count). The minimum Gasteiger partial charge on any atom is -0.479 e. The lowest BCUT2D eigenvalue weighted by Crippen LogP contribution is -2.48. The number of anilines is 1. The fraction of sp³-hybridized carbons (Fsp3) is 0.450. The number of halogens is 3. The van der Waals surface area contributed by atoms with Crippen LogP contribution in [0, 0.1) is 29.3 Å². The van der Waals surface area contributed by atoms with E-state index in [1.807, 2.05) is 0 Å². The molecule has 1 unspecified atom stereocenters. The molecule has 2 amide bonds. The van der Waals surface area contributed by atoms with Crippen LogP contribution in [0.2, 0.25) is 0 Å². The number of benzene rings is 1. The number of carbonyl (C=O) groups excluding carboxylic acids is 1. The summed E-state index contributed by atoms with van der Waals surface area (Å²) in [6, 6.07) is 0.843. The second-order valence-corrected chi connectivity index (χ2v) is 9.83.